The average Bonchev–Trinajstić information content (AvgIpc) is 3.68. The van der Waals surface area contributed by atoms with Crippen LogP contribution in [0.25, 0.3) is 11.1 Å². The van der Waals surface area contributed by atoms with Gasteiger partial charge >= 0.3 is 5.97 Å². The molecule has 8 rings (SSSR count). The predicted molar refractivity (Wildman–Crippen MR) is 248 cm³/mol. The number of carboxylic acids is 1. The van der Waals surface area contributed by atoms with Crippen molar-refractivity contribution in [1.29, 1.82) is 5.26 Å². The molecule has 3 N–H and O–H groups in total. The molecule has 3 unspecified atom stereocenters. The Balaban J connectivity index is 1.04. The number of carbonyl (C=O) groups is 3. The number of aryl methyl sites for hydroxylation is 1. The SMILES string of the molecule is CC(=O)Nc1nc(C)c(S(=O)(=O)N2Cc3cc4c(cc3CC2C(=O)NC(C)(Cc2ccc(-c3ccc(C#N)cc3)cc2)C(=O)O)OCC(c2ccc(OCc3ccc(Cl)c(Cl)c3)cc2)O4)s1. The summed E-state index contributed by atoms with van der Waals surface area (Å²) in [5, 5.41) is 25.9. The third-order valence-corrected chi connectivity index (χ3v) is 15.5. The third kappa shape index (κ3) is 9.86. The maximum atomic E-state index is 14.7. The minimum atomic E-state index is -4.51. The number of nitrogens with zero attached hydrogens (tertiary/aromatic N) is 3. The number of hydrogen-bond donors (Lipinski definition) is 3. The van der Waals surface area contributed by atoms with Gasteiger partial charge in [-0.25, -0.2) is 18.2 Å². The molecule has 0 spiro atoms. The summed E-state index contributed by atoms with van der Waals surface area (Å²) in [7, 11) is -4.51. The summed E-state index contributed by atoms with van der Waals surface area (Å²) >= 11 is 12.9. The molecule has 0 fully saturated rings. The average molecular weight is 967 g/mol. The van der Waals surface area contributed by atoms with Gasteiger partial charge in [0.15, 0.2) is 26.9 Å². The number of hydrogen-bond acceptors (Lipinski definition) is 11. The zero-order chi connectivity index (χ0) is 46.9. The summed E-state index contributed by atoms with van der Waals surface area (Å²) in [5.74, 6) is -1.20. The molecule has 3 heterocycles. The lowest BCUT2D eigenvalue weighted by molar-refractivity contribution is -0.147. The lowest BCUT2D eigenvalue weighted by Gasteiger charge is -2.38. The summed E-state index contributed by atoms with van der Waals surface area (Å²) in [6.45, 7) is 4.30. The number of aromatic nitrogens is 1. The number of fused-ring (bicyclic) bond motifs is 2. The first kappa shape index (κ1) is 46.1. The normalized spacial score (nSPS) is 16.5. The zero-order valence-electron chi connectivity index (χ0n) is 35.6. The number of benzene rings is 5. The van der Waals surface area contributed by atoms with Crippen LogP contribution < -0.4 is 24.8 Å². The van der Waals surface area contributed by atoms with E-state index in [-0.39, 0.29) is 47.6 Å². The Morgan fingerprint density at radius 3 is 2.26 bits per heavy atom. The number of carboxylic acid groups (broad SMARTS) is 1. The van der Waals surface area contributed by atoms with Crippen LogP contribution in [0, 0.1) is 18.3 Å². The Kier molecular flexibility index (Phi) is 13.1. The van der Waals surface area contributed by atoms with Crippen molar-refractivity contribution >= 4 is 67.5 Å². The summed E-state index contributed by atoms with van der Waals surface area (Å²) in [6, 6.07) is 31.0. The van der Waals surface area contributed by atoms with E-state index in [0.717, 1.165) is 37.9 Å². The minimum absolute atomic E-state index is 0.0670. The molecule has 18 heteroatoms. The van der Waals surface area contributed by atoms with E-state index in [9.17, 15) is 27.9 Å². The quantitative estimate of drug-likeness (QED) is 0.100. The molecule has 5 aromatic carbocycles. The van der Waals surface area contributed by atoms with Crippen molar-refractivity contribution < 1.29 is 42.1 Å². The number of anilines is 1. The molecule has 2 amide bonds. The van der Waals surface area contributed by atoms with E-state index in [2.05, 4.69) is 21.7 Å². The van der Waals surface area contributed by atoms with E-state index in [1.165, 1.54) is 20.8 Å². The van der Waals surface area contributed by atoms with E-state index >= 15 is 0 Å². The highest BCUT2D eigenvalue weighted by atomic mass is 35.5. The fourth-order valence-electron chi connectivity index (χ4n) is 7.76. The maximum absolute atomic E-state index is 14.7. The number of ether oxygens (including phenoxy) is 3. The van der Waals surface area contributed by atoms with Gasteiger partial charge in [0.1, 0.15) is 30.5 Å². The number of amides is 2. The number of thiazole rings is 1. The second-order valence-electron chi connectivity index (χ2n) is 16.1. The first-order valence-corrected chi connectivity index (χ1v) is 23.5. The number of rotatable bonds is 13. The first-order chi connectivity index (χ1) is 31.5. The van der Waals surface area contributed by atoms with Gasteiger partial charge in [-0.1, -0.05) is 89.1 Å². The van der Waals surface area contributed by atoms with Gasteiger partial charge in [0, 0.05) is 19.9 Å². The fourth-order valence-corrected chi connectivity index (χ4v) is 11.2. The second kappa shape index (κ2) is 18.8. The topological polar surface area (TPSA) is 197 Å². The van der Waals surface area contributed by atoms with Gasteiger partial charge in [-0.15, -0.1) is 0 Å². The molecule has 0 saturated carbocycles. The van der Waals surface area contributed by atoms with Crippen LogP contribution in [0.1, 0.15) is 59.0 Å². The van der Waals surface area contributed by atoms with Crippen LogP contribution in [0.2, 0.25) is 10.0 Å². The Hall–Kier alpha value is -6.48. The molecule has 0 radical (unpaired) electrons. The fraction of sp³-hybridized carbons (Fsp3) is 0.229. The second-order valence-corrected chi connectivity index (χ2v) is 20.0. The van der Waals surface area contributed by atoms with Crippen molar-refractivity contribution in [3.63, 3.8) is 0 Å². The molecule has 66 heavy (non-hydrogen) atoms. The molecule has 3 atom stereocenters. The van der Waals surface area contributed by atoms with Crippen LogP contribution in [0.3, 0.4) is 0 Å². The van der Waals surface area contributed by atoms with E-state index in [1.807, 2.05) is 54.6 Å². The van der Waals surface area contributed by atoms with Crippen LogP contribution in [0.5, 0.6) is 17.2 Å². The maximum Gasteiger partial charge on any atom is 0.329 e. The van der Waals surface area contributed by atoms with Crippen molar-refractivity contribution in [3.05, 3.63) is 152 Å². The third-order valence-electron chi connectivity index (χ3n) is 11.3. The number of sulfonamides is 1. The van der Waals surface area contributed by atoms with E-state index in [0.29, 0.717) is 49.5 Å². The summed E-state index contributed by atoms with van der Waals surface area (Å²) in [4.78, 5) is 43.6. The molecule has 0 aliphatic carbocycles. The molecular formula is C48H41Cl2N5O9S2. The Morgan fingerprint density at radius 2 is 1.61 bits per heavy atom. The highest BCUT2D eigenvalue weighted by Gasteiger charge is 2.45. The van der Waals surface area contributed by atoms with Crippen molar-refractivity contribution in [1.82, 2.24) is 14.6 Å². The lowest BCUT2D eigenvalue weighted by Crippen LogP contribution is -2.60. The van der Waals surface area contributed by atoms with Gasteiger partial charge in [0.25, 0.3) is 10.0 Å². The van der Waals surface area contributed by atoms with Crippen molar-refractivity contribution in [3.8, 4) is 34.4 Å². The molecule has 0 bridgehead atoms. The van der Waals surface area contributed by atoms with Gasteiger partial charge in [-0.2, -0.15) is 9.57 Å². The number of carbonyl (C=O) groups excluding carboxylic acids is 2. The van der Waals surface area contributed by atoms with Gasteiger partial charge < -0.3 is 30.0 Å². The van der Waals surface area contributed by atoms with Gasteiger partial charge in [-0.05, 0) is 108 Å². The number of nitriles is 1. The molecule has 6 aromatic rings. The number of halogens is 2. The summed E-state index contributed by atoms with van der Waals surface area (Å²) in [5.41, 5.74) is 3.90. The molecule has 1 aromatic heterocycles. The largest absolute Gasteiger partial charge is 0.489 e. The van der Waals surface area contributed by atoms with Gasteiger partial charge in [0.2, 0.25) is 11.8 Å². The molecule has 0 saturated heterocycles. The monoisotopic (exact) mass is 965 g/mol. The highest BCUT2D eigenvalue weighted by Crippen LogP contribution is 2.43. The molecular weight excluding hydrogens is 926 g/mol. The Bertz CT molecular complexity index is 3010. The van der Waals surface area contributed by atoms with Crippen molar-refractivity contribution in [2.24, 2.45) is 0 Å². The van der Waals surface area contributed by atoms with E-state index in [4.69, 9.17) is 42.7 Å². The van der Waals surface area contributed by atoms with Crippen LogP contribution in [-0.4, -0.2) is 58.8 Å². The van der Waals surface area contributed by atoms with Crippen LogP contribution in [0.15, 0.2) is 107 Å². The first-order valence-electron chi connectivity index (χ1n) is 20.5. The Labute approximate surface area is 394 Å². The van der Waals surface area contributed by atoms with Crippen LogP contribution in [0.4, 0.5) is 5.13 Å². The zero-order valence-corrected chi connectivity index (χ0v) is 38.8. The standard InChI is InChI=1S/C48H41Cl2N5O9S2/c1-27-45(65-47(52-27)53-28(2)56)66(60,61)55-24-36-21-42-41(63-26-43(64-42)34-13-15-37(16-14-34)62-25-31-8-17-38(49)39(50)18-31)20-35(36)19-40(55)44(57)54-48(3,46(58)59)22-29-4-9-32(10-5-29)33-11-6-30(23-51)7-12-33/h4-18,20-21,40,43H,19,22,24-26H2,1-3H3,(H,54,57)(H,58,59)(H,52,53,56). The van der Waals surface area contributed by atoms with Gasteiger partial charge in [-0.3, -0.25) is 9.59 Å². The van der Waals surface area contributed by atoms with E-state index in [1.54, 1.807) is 48.5 Å². The molecule has 338 valence electrons. The van der Waals surface area contributed by atoms with Crippen molar-refractivity contribution in [2.45, 2.75) is 68.7 Å². The molecule has 14 nitrogen and oxygen atoms in total. The smallest absolute Gasteiger partial charge is 0.329 e. The molecule has 2 aliphatic heterocycles. The van der Waals surface area contributed by atoms with Crippen LogP contribution >= 0.6 is 34.5 Å². The molecule has 2 aliphatic rings. The van der Waals surface area contributed by atoms with E-state index < -0.39 is 45.5 Å². The number of aliphatic carboxylic acids is 1. The lowest BCUT2D eigenvalue weighted by atomic mass is 9.90. The highest BCUT2D eigenvalue weighted by molar-refractivity contribution is 7.91. The van der Waals surface area contributed by atoms with Crippen molar-refractivity contribution in [2.75, 3.05) is 11.9 Å². The summed E-state index contributed by atoms with van der Waals surface area (Å²) < 4.78 is 48.9. The predicted octanol–water partition coefficient (Wildman–Crippen LogP) is 8.66. The number of nitrogens with one attached hydrogen (secondary N) is 2. The van der Waals surface area contributed by atoms with Gasteiger partial charge in [0.05, 0.1) is 27.4 Å². The van der Waals surface area contributed by atoms with Crippen LogP contribution in [-0.2, 0) is 50.4 Å². The minimum Gasteiger partial charge on any atom is -0.489 e. The summed E-state index contributed by atoms with van der Waals surface area (Å²) in [6.07, 6.45) is -0.773. The Morgan fingerprint density at radius 1 is 0.939 bits per heavy atom.